The van der Waals surface area contributed by atoms with E-state index in [2.05, 4.69) is 15.0 Å². The first-order chi connectivity index (χ1) is 11.6. The van der Waals surface area contributed by atoms with E-state index in [-0.39, 0.29) is 5.56 Å². The summed E-state index contributed by atoms with van der Waals surface area (Å²) in [6, 6.07) is 11.2. The lowest BCUT2D eigenvalue weighted by atomic mass is 10.1. The van der Waals surface area contributed by atoms with Crippen LogP contribution >= 0.6 is 0 Å². The maximum absolute atomic E-state index is 12.0. The number of likely N-dealkylation sites (N-methyl/N-ethyl adjacent to an activating group) is 1. The minimum absolute atomic E-state index is 0.130. The van der Waals surface area contributed by atoms with Crippen molar-refractivity contribution in [3.8, 4) is 0 Å². The standard InChI is InChI=1S/C18H22N4O2/c1-3-21(12-16(23)14-6-4-13(2)5-7-14)11-15-10-18(24)22-17(20-15)8-9-19-22/h4-10,16,19,23H,3,11-12H2,1-2H3/t16-/m0/s1. The Balaban J connectivity index is 1.73. The van der Waals surface area contributed by atoms with Gasteiger partial charge in [-0.1, -0.05) is 36.8 Å². The van der Waals surface area contributed by atoms with E-state index in [0.717, 1.165) is 12.1 Å². The van der Waals surface area contributed by atoms with E-state index < -0.39 is 6.10 Å². The third kappa shape index (κ3) is 3.55. The fraction of sp³-hybridized carbons (Fsp3) is 0.333. The number of aromatic amines is 1. The number of aliphatic hydroxyl groups is 1. The zero-order valence-corrected chi connectivity index (χ0v) is 13.9. The Morgan fingerprint density at radius 1 is 1.29 bits per heavy atom. The number of nitrogens with zero attached hydrogens (tertiary/aromatic N) is 3. The summed E-state index contributed by atoms with van der Waals surface area (Å²) < 4.78 is 1.40. The van der Waals surface area contributed by atoms with Gasteiger partial charge in [-0.25, -0.2) is 9.50 Å². The Morgan fingerprint density at radius 2 is 2.04 bits per heavy atom. The molecule has 2 aromatic heterocycles. The zero-order valence-electron chi connectivity index (χ0n) is 13.9. The number of rotatable bonds is 6. The van der Waals surface area contributed by atoms with Gasteiger partial charge < -0.3 is 5.11 Å². The quantitative estimate of drug-likeness (QED) is 0.725. The van der Waals surface area contributed by atoms with Gasteiger partial charge in [-0.15, -0.1) is 0 Å². The lowest BCUT2D eigenvalue weighted by Crippen LogP contribution is -2.29. The minimum Gasteiger partial charge on any atom is -0.387 e. The highest BCUT2D eigenvalue weighted by atomic mass is 16.3. The number of aliphatic hydroxyl groups excluding tert-OH is 1. The van der Waals surface area contributed by atoms with Gasteiger partial charge in [0.25, 0.3) is 5.56 Å². The van der Waals surface area contributed by atoms with Crippen LogP contribution in [0.2, 0.25) is 0 Å². The molecule has 2 heterocycles. The largest absolute Gasteiger partial charge is 0.387 e. The maximum atomic E-state index is 12.0. The van der Waals surface area contributed by atoms with Crippen molar-refractivity contribution in [2.45, 2.75) is 26.5 Å². The lowest BCUT2D eigenvalue weighted by molar-refractivity contribution is 0.111. The van der Waals surface area contributed by atoms with E-state index in [1.54, 1.807) is 12.3 Å². The number of aryl methyl sites for hydroxylation is 1. The third-order valence-corrected chi connectivity index (χ3v) is 4.16. The number of aromatic nitrogens is 3. The normalized spacial score (nSPS) is 12.8. The number of hydrogen-bond acceptors (Lipinski definition) is 4. The molecule has 0 radical (unpaired) electrons. The van der Waals surface area contributed by atoms with Crippen LogP contribution < -0.4 is 5.56 Å². The number of H-pyrrole nitrogens is 1. The van der Waals surface area contributed by atoms with Gasteiger partial charge in [-0.2, -0.15) is 0 Å². The molecule has 3 aromatic rings. The van der Waals surface area contributed by atoms with Crippen LogP contribution in [0.5, 0.6) is 0 Å². The molecule has 0 fully saturated rings. The fourth-order valence-electron chi connectivity index (χ4n) is 2.73. The molecule has 24 heavy (non-hydrogen) atoms. The van der Waals surface area contributed by atoms with Crippen molar-refractivity contribution in [2.24, 2.45) is 0 Å². The molecular weight excluding hydrogens is 304 g/mol. The van der Waals surface area contributed by atoms with Crippen LogP contribution in [0.1, 0.15) is 29.8 Å². The summed E-state index contributed by atoms with van der Waals surface area (Å²) >= 11 is 0. The molecule has 2 N–H and O–H groups in total. The van der Waals surface area contributed by atoms with Crippen molar-refractivity contribution in [1.82, 2.24) is 19.5 Å². The molecule has 0 bridgehead atoms. The van der Waals surface area contributed by atoms with Crippen LogP contribution in [0, 0.1) is 6.92 Å². The SMILES string of the molecule is CCN(Cc1cc(=O)n2[nH]ccc2n1)C[C@H](O)c1ccc(C)cc1. The van der Waals surface area contributed by atoms with Crippen molar-refractivity contribution in [2.75, 3.05) is 13.1 Å². The van der Waals surface area contributed by atoms with Crippen LogP contribution in [0.3, 0.4) is 0 Å². The molecular formula is C18H22N4O2. The smallest absolute Gasteiger partial charge is 0.272 e. The molecule has 3 rings (SSSR count). The average Bonchev–Trinajstić information content (AvgIpc) is 3.03. The van der Waals surface area contributed by atoms with Crippen LogP contribution in [0.25, 0.3) is 5.65 Å². The summed E-state index contributed by atoms with van der Waals surface area (Å²) in [6.45, 7) is 5.83. The second-order valence-corrected chi connectivity index (χ2v) is 6.00. The highest BCUT2D eigenvalue weighted by Gasteiger charge is 2.14. The first-order valence-electron chi connectivity index (χ1n) is 8.10. The van der Waals surface area contributed by atoms with Crippen molar-refractivity contribution in [3.63, 3.8) is 0 Å². The summed E-state index contributed by atoms with van der Waals surface area (Å²) in [6.07, 6.45) is 1.12. The van der Waals surface area contributed by atoms with E-state index in [9.17, 15) is 9.90 Å². The first kappa shape index (κ1) is 16.4. The van der Waals surface area contributed by atoms with E-state index in [4.69, 9.17) is 0 Å². The number of benzene rings is 1. The molecule has 0 spiro atoms. The topological polar surface area (TPSA) is 73.6 Å². The summed E-state index contributed by atoms with van der Waals surface area (Å²) in [4.78, 5) is 18.6. The van der Waals surface area contributed by atoms with Crippen LogP contribution in [-0.2, 0) is 6.54 Å². The zero-order chi connectivity index (χ0) is 17.1. The average molecular weight is 326 g/mol. The molecule has 0 saturated carbocycles. The molecule has 0 aliphatic heterocycles. The van der Waals surface area contributed by atoms with E-state index >= 15 is 0 Å². The molecule has 1 atom stereocenters. The van der Waals surface area contributed by atoms with Crippen LogP contribution in [0.4, 0.5) is 0 Å². The maximum Gasteiger partial charge on any atom is 0.272 e. The molecule has 6 heteroatoms. The fourth-order valence-corrected chi connectivity index (χ4v) is 2.73. The molecule has 0 aliphatic carbocycles. The van der Waals surface area contributed by atoms with Gasteiger partial charge in [0, 0.05) is 31.4 Å². The molecule has 0 saturated heterocycles. The van der Waals surface area contributed by atoms with Gasteiger partial charge in [0.15, 0.2) is 5.65 Å². The van der Waals surface area contributed by atoms with E-state index in [1.807, 2.05) is 38.1 Å². The second-order valence-electron chi connectivity index (χ2n) is 6.00. The molecule has 0 unspecified atom stereocenters. The summed E-state index contributed by atoms with van der Waals surface area (Å²) in [7, 11) is 0. The van der Waals surface area contributed by atoms with Crippen LogP contribution in [0.15, 0.2) is 47.4 Å². The monoisotopic (exact) mass is 326 g/mol. The van der Waals surface area contributed by atoms with Crippen molar-refractivity contribution in [3.05, 3.63) is 69.8 Å². The number of fused-ring (bicyclic) bond motifs is 1. The second kappa shape index (κ2) is 6.98. The van der Waals surface area contributed by atoms with Crippen LogP contribution in [-0.4, -0.2) is 37.7 Å². The first-order valence-corrected chi connectivity index (χ1v) is 8.10. The molecule has 126 valence electrons. The van der Waals surface area contributed by atoms with Gasteiger partial charge in [-0.05, 0) is 19.0 Å². The summed E-state index contributed by atoms with van der Waals surface area (Å²) in [5.41, 5.74) is 3.25. The van der Waals surface area contributed by atoms with Gasteiger partial charge >= 0.3 is 0 Å². The lowest BCUT2D eigenvalue weighted by Gasteiger charge is -2.23. The predicted octanol–water partition coefficient (Wildman–Crippen LogP) is 1.89. The van der Waals surface area contributed by atoms with E-state index in [0.29, 0.717) is 24.4 Å². The molecule has 1 aromatic carbocycles. The highest BCUT2D eigenvalue weighted by Crippen LogP contribution is 2.16. The Bertz CT molecular complexity index is 867. The Labute approximate surface area is 140 Å². The number of hydrogen-bond donors (Lipinski definition) is 2. The summed E-state index contributed by atoms with van der Waals surface area (Å²) in [5, 5.41) is 13.3. The van der Waals surface area contributed by atoms with Gasteiger partial charge in [0.1, 0.15) is 0 Å². The van der Waals surface area contributed by atoms with Gasteiger partial charge in [-0.3, -0.25) is 14.8 Å². The van der Waals surface area contributed by atoms with E-state index in [1.165, 1.54) is 16.1 Å². The Morgan fingerprint density at radius 3 is 2.75 bits per heavy atom. The Kier molecular flexibility index (Phi) is 4.78. The third-order valence-electron chi connectivity index (χ3n) is 4.16. The van der Waals surface area contributed by atoms with Gasteiger partial charge in [0.2, 0.25) is 0 Å². The molecule has 6 nitrogen and oxygen atoms in total. The molecule has 0 amide bonds. The van der Waals surface area contributed by atoms with Gasteiger partial charge in [0.05, 0.1) is 11.8 Å². The van der Waals surface area contributed by atoms with Crippen molar-refractivity contribution in [1.29, 1.82) is 0 Å². The highest BCUT2D eigenvalue weighted by molar-refractivity contribution is 5.36. The van der Waals surface area contributed by atoms with Crippen molar-refractivity contribution < 1.29 is 5.11 Å². The predicted molar refractivity (Wildman–Crippen MR) is 92.9 cm³/mol. The minimum atomic E-state index is -0.567. The number of nitrogens with one attached hydrogen (secondary N) is 1. The Hall–Kier alpha value is -2.44. The van der Waals surface area contributed by atoms with Crippen molar-refractivity contribution >= 4 is 5.65 Å². The summed E-state index contributed by atoms with van der Waals surface area (Å²) in [5.74, 6) is 0. The molecule has 0 aliphatic rings.